The van der Waals surface area contributed by atoms with E-state index in [1.807, 2.05) is 20.8 Å². The zero-order chi connectivity index (χ0) is 25.1. The summed E-state index contributed by atoms with van der Waals surface area (Å²) in [6.07, 6.45) is 6.87. The average Bonchev–Trinajstić information content (AvgIpc) is 2.77. The van der Waals surface area contributed by atoms with Crippen molar-refractivity contribution in [3.05, 3.63) is 46.7 Å². The SMILES string of the molecule is C\C=C/C(=C\C(=C\CC)C(F)(F)F)C(N=C(CNC(=O)C1(C)CCCCC1)OC)=C(C)CC. The Balaban J connectivity index is 3.31. The smallest absolute Gasteiger partial charge is 0.416 e. The lowest BCUT2D eigenvalue weighted by atomic mass is 9.75. The van der Waals surface area contributed by atoms with Crippen LogP contribution >= 0.6 is 0 Å². The molecule has 0 aromatic rings. The van der Waals surface area contributed by atoms with Gasteiger partial charge in [0.05, 0.1) is 24.9 Å². The monoisotopic (exact) mass is 468 g/mol. The molecule has 0 atom stereocenters. The van der Waals surface area contributed by atoms with Gasteiger partial charge in [-0.15, -0.1) is 0 Å². The summed E-state index contributed by atoms with van der Waals surface area (Å²) >= 11 is 0. The maximum Gasteiger partial charge on any atom is 0.416 e. The number of hydrogen-bond acceptors (Lipinski definition) is 3. The molecule has 1 saturated carbocycles. The van der Waals surface area contributed by atoms with Gasteiger partial charge in [-0.05, 0) is 51.2 Å². The van der Waals surface area contributed by atoms with Crippen LogP contribution in [0.25, 0.3) is 0 Å². The third-order valence-electron chi connectivity index (χ3n) is 5.99. The molecule has 0 heterocycles. The molecule has 0 aromatic carbocycles. The number of hydrogen-bond donors (Lipinski definition) is 1. The van der Waals surface area contributed by atoms with Crippen molar-refractivity contribution in [2.24, 2.45) is 10.4 Å². The lowest BCUT2D eigenvalue weighted by molar-refractivity contribution is -0.131. The Labute approximate surface area is 196 Å². The fourth-order valence-corrected chi connectivity index (χ4v) is 3.80. The van der Waals surface area contributed by atoms with Gasteiger partial charge in [-0.2, -0.15) is 13.2 Å². The van der Waals surface area contributed by atoms with E-state index in [-0.39, 0.29) is 24.8 Å². The quantitative estimate of drug-likeness (QED) is 0.221. The van der Waals surface area contributed by atoms with Gasteiger partial charge in [-0.25, -0.2) is 4.99 Å². The second-order valence-corrected chi connectivity index (χ2v) is 8.66. The van der Waals surface area contributed by atoms with Gasteiger partial charge in [0.1, 0.15) is 0 Å². The van der Waals surface area contributed by atoms with Crippen LogP contribution in [0.2, 0.25) is 0 Å². The van der Waals surface area contributed by atoms with Crippen molar-refractivity contribution >= 4 is 11.8 Å². The van der Waals surface area contributed by atoms with Crippen molar-refractivity contribution in [3.63, 3.8) is 0 Å². The maximum atomic E-state index is 13.5. The fraction of sp³-hybridized carbons (Fsp3) is 0.615. The maximum absolute atomic E-state index is 13.5. The Morgan fingerprint density at radius 2 is 1.82 bits per heavy atom. The van der Waals surface area contributed by atoms with Crippen LogP contribution < -0.4 is 5.32 Å². The number of amides is 1. The normalized spacial score (nSPS) is 18.9. The third-order valence-corrected chi connectivity index (χ3v) is 5.99. The van der Waals surface area contributed by atoms with Gasteiger partial charge < -0.3 is 10.1 Å². The van der Waals surface area contributed by atoms with E-state index in [0.717, 1.165) is 49.8 Å². The number of carbonyl (C=O) groups excluding carboxylic acids is 1. The molecule has 4 nitrogen and oxygen atoms in total. The van der Waals surface area contributed by atoms with Gasteiger partial charge in [0, 0.05) is 11.0 Å². The van der Waals surface area contributed by atoms with Gasteiger partial charge in [0.2, 0.25) is 11.8 Å². The topological polar surface area (TPSA) is 50.7 Å². The molecule has 7 heteroatoms. The van der Waals surface area contributed by atoms with Crippen LogP contribution in [-0.2, 0) is 9.53 Å². The van der Waals surface area contributed by atoms with Crippen molar-refractivity contribution in [2.75, 3.05) is 13.7 Å². The van der Waals surface area contributed by atoms with Gasteiger partial charge >= 0.3 is 6.18 Å². The number of nitrogens with one attached hydrogen (secondary N) is 1. The molecule has 1 fully saturated rings. The zero-order valence-corrected chi connectivity index (χ0v) is 20.9. The van der Waals surface area contributed by atoms with Gasteiger partial charge in [0.25, 0.3) is 0 Å². The largest absolute Gasteiger partial charge is 0.483 e. The summed E-state index contributed by atoms with van der Waals surface area (Å²) in [5, 5.41) is 2.92. The van der Waals surface area contributed by atoms with Crippen LogP contribution in [-0.4, -0.2) is 31.6 Å². The molecule has 1 amide bonds. The highest BCUT2D eigenvalue weighted by molar-refractivity contribution is 5.88. The van der Waals surface area contributed by atoms with Crippen LogP contribution in [0.4, 0.5) is 13.2 Å². The minimum absolute atomic E-state index is 0.0425. The van der Waals surface area contributed by atoms with E-state index in [0.29, 0.717) is 17.7 Å². The molecule has 0 aromatic heterocycles. The first-order valence-corrected chi connectivity index (χ1v) is 11.7. The molecule has 186 valence electrons. The summed E-state index contributed by atoms with van der Waals surface area (Å²) in [5.41, 5.74) is 0.452. The highest BCUT2D eigenvalue weighted by Gasteiger charge is 2.34. The number of aliphatic imine (C=N–C) groups is 1. The van der Waals surface area contributed by atoms with Crippen molar-refractivity contribution in [2.45, 2.75) is 85.7 Å². The van der Waals surface area contributed by atoms with E-state index >= 15 is 0 Å². The molecule has 0 aliphatic heterocycles. The molecular weight excluding hydrogens is 429 g/mol. The first kappa shape index (κ1) is 28.7. The Bertz CT molecular complexity index is 812. The number of carbonyl (C=O) groups is 1. The first-order valence-electron chi connectivity index (χ1n) is 11.7. The average molecular weight is 469 g/mol. The molecule has 0 unspecified atom stereocenters. The number of methoxy groups -OCH3 is 1. The number of ether oxygens (including phenoxy) is 1. The van der Waals surface area contributed by atoms with Crippen molar-refractivity contribution in [1.82, 2.24) is 5.32 Å². The number of allylic oxidation sites excluding steroid dienone is 6. The van der Waals surface area contributed by atoms with Crippen LogP contribution in [0.3, 0.4) is 0 Å². The van der Waals surface area contributed by atoms with Crippen LogP contribution in [0, 0.1) is 5.41 Å². The van der Waals surface area contributed by atoms with E-state index in [2.05, 4.69) is 10.3 Å². The molecule has 1 rings (SSSR count). The fourth-order valence-electron chi connectivity index (χ4n) is 3.80. The minimum Gasteiger partial charge on any atom is -0.483 e. The van der Waals surface area contributed by atoms with Crippen molar-refractivity contribution in [3.8, 4) is 0 Å². The molecule has 0 bridgehead atoms. The highest BCUT2D eigenvalue weighted by atomic mass is 19.4. The Morgan fingerprint density at radius 1 is 1.18 bits per heavy atom. The number of nitrogens with zero attached hydrogens (tertiary/aromatic N) is 1. The highest BCUT2D eigenvalue weighted by Crippen LogP contribution is 2.36. The van der Waals surface area contributed by atoms with Crippen LogP contribution in [0.1, 0.15) is 79.6 Å². The van der Waals surface area contributed by atoms with Crippen LogP contribution in [0.5, 0.6) is 0 Å². The van der Waals surface area contributed by atoms with E-state index < -0.39 is 17.2 Å². The van der Waals surface area contributed by atoms with Gasteiger partial charge in [0.15, 0.2) is 0 Å². The summed E-state index contributed by atoms with van der Waals surface area (Å²) in [5.74, 6) is 0.202. The summed E-state index contributed by atoms with van der Waals surface area (Å²) in [6, 6.07) is 0. The molecule has 1 aliphatic rings. The Hall–Kier alpha value is -2.31. The number of rotatable bonds is 9. The second-order valence-electron chi connectivity index (χ2n) is 8.66. The zero-order valence-electron chi connectivity index (χ0n) is 20.9. The van der Waals surface area contributed by atoms with Crippen LogP contribution in [0.15, 0.2) is 51.7 Å². The van der Waals surface area contributed by atoms with E-state index in [4.69, 9.17) is 4.74 Å². The first-order chi connectivity index (χ1) is 15.5. The Kier molecular flexibility index (Phi) is 11.7. The predicted molar refractivity (Wildman–Crippen MR) is 129 cm³/mol. The molecule has 0 radical (unpaired) electrons. The van der Waals surface area contributed by atoms with Gasteiger partial charge in [-0.1, -0.05) is 58.3 Å². The van der Waals surface area contributed by atoms with E-state index in [1.54, 1.807) is 26.0 Å². The van der Waals surface area contributed by atoms with E-state index in [9.17, 15) is 18.0 Å². The lowest BCUT2D eigenvalue weighted by Gasteiger charge is -2.32. The van der Waals surface area contributed by atoms with Crippen molar-refractivity contribution < 1.29 is 22.7 Å². The third kappa shape index (κ3) is 8.86. The Morgan fingerprint density at radius 3 is 2.30 bits per heavy atom. The summed E-state index contributed by atoms with van der Waals surface area (Å²) in [7, 11) is 1.45. The van der Waals surface area contributed by atoms with Gasteiger partial charge in [-0.3, -0.25) is 4.79 Å². The lowest BCUT2D eigenvalue weighted by Crippen LogP contribution is -2.42. The minimum atomic E-state index is -4.47. The number of alkyl halides is 3. The predicted octanol–water partition coefficient (Wildman–Crippen LogP) is 7.20. The molecule has 1 N–H and O–H groups in total. The molecule has 0 saturated heterocycles. The standard InChI is InChI=1S/C26H39F3N2O2/c1-7-13-20(17-21(14-8-2)26(27,28)29)23(19(4)9-3)31-22(33-6)18-30-24(32)25(5)15-11-10-12-16-25/h7,13-14,17H,8-12,15-16,18H2,1-6H3,(H,30,32)/b13-7-,20-17+,21-14-,23-19?,31-22?. The summed E-state index contributed by atoms with van der Waals surface area (Å²) in [4.78, 5) is 17.4. The number of halogens is 3. The second kappa shape index (κ2) is 13.4. The molecule has 1 aliphatic carbocycles. The van der Waals surface area contributed by atoms with E-state index in [1.165, 1.54) is 7.11 Å². The molecule has 33 heavy (non-hydrogen) atoms. The summed E-state index contributed by atoms with van der Waals surface area (Å²) in [6.45, 7) is 9.22. The summed E-state index contributed by atoms with van der Waals surface area (Å²) < 4.78 is 46.0. The molecular formula is C26H39F3N2O2. The molecule has 0 spiro atoms. The van der Waals surface area contributed by atoms with Crippen molar-refractivity contribution in [1.29, 1.82) is 0 Å².